The summed E-state index contributed by atoms with van der Waals surface area (Å²) in [6, 6.07) is 1.58. The Morgan fingerprint density at radius 1 is 1.69 bits per heavy atom. The van der Waals surface area contributed by atoms with E-state index >= 15 is 0 Å². The number of nitrogens with one attached hydrogen (secondary N) is 1. The van der Waals surface area contributed by atoms with Gasteiger partial charge in [0.1, 0.15) is 0 Å². The molecule has 1 amide bonds. The van der Waals surface area contributed by atoms with Crippen LogP contribution in [0.3, 0.4) is 0 Å². The third kappa shape index (κ3) is 3.82. The van der Waals surface area contributed by atoms with Crippen molar-refractivity contribution in [2.75, 3.05) is 6.54 Å². The Balaban J connectivity index is 2.44. The Labute approximate surface area is 86.1 Å². The molecule has 1 N–H and O–H groups in total. The Hall–Kier alpha value is -0.490. The summed E-state index contributed by atoms with van der Waals surface area (Å²) >= 11 is 3.47. The Morgan fingerprint density at radius 3 is 2.85 bits per heavy atom. The van der Waals surface area contributed by atoms with Gasteiger partial charge in [0, 0.05) is 10.9 Å². The van der Waals surface area contributed by atoms with E-state index in [4.69, 9.17) is 0 Å². The summed E-state index contributed by atoms with van der Waals surface area (Å²) in [4.78, 5) is 8.05. The lowest BCUT2D eigenvalue weighted by molar-refractivity contribution is 0.0836. The van der Waals surface area contributed by atoms with Crippen LogP contribution in [0.5, 0.6) is 0 Å². The first-order valence-corrected chi connectivity index (χ1v) is 5.10. The molecule has 0 aliphatic carbocycles. The number of halogens is 3. The first kappa shape index (κ1) is 10.6. The number of carbonyl (C=O) groups excluding carboxylic acids is 1. The number of thiophene rings is 1. The van der Waals surface area contributed by atoms with Gasteiger partial charge in [-0.15, -0.1) is 0 Å². The Kier molecular flexibility index (Phi) is 3.38. The minimum Gasteiger partial charge on any atom is -0.345 e. The van der Waals surface area contributed by atoms with Crippen molar-refractivity contribution in [1.29, 1.82) is 0 Å². The average Bonchev–Trinajstić information content (AvgIpc) is 2.50. The predicted octanol–water partition coefficient (Wildman–Crippen LogP) is 2.47. The van der Waals surface area contributed by atoms with Crippen molar-refractivity contribution in [3.05, 3.63) is 22.4 Å². The second-order valence-electron chi connectivity index (χ2n) is 2.31. The van der Waals surface area contributed by atoms with Crippen molar-refractivity contribution in [2.24, 2.45) is 0 Å². The van der Waals surface area contributed by atoms with E-state index in [1.807, 2.05) is 0 Å². The highest BCUT2D eigenvalue weighted by atomic mass is 79.9. The number of hydrogen-bond donors (Lipinski definition) is 1. The smallest absolute Gasteiger partial charge is 0.318 e. The second kappa shape index (κ2) is 4.15. The van der Waals surface area contributed by atoms with Gasteiger partial charge < -0.3 is 5.32 Å². The van der Waals surface area contributed by atoms with E-state index < -0.39 is 17.3 Å². The van der Waals surface area contributed by atoms with Crippen LogP contribution in [0.15, 0.2) is 16.8 Å². The lowest BCUT2D eigenvalue weighted by atomic mass is 10.3. The first-order valence-electron chi connectivity index (χ1n) is 3.36. The van der Waals surface area contributed by atoms with Crippen LogP contribution in [0.4, 0.5) is 8.78 Å². The molecule has 0 saturated heterocycles. The fraction of sp³-hybridized carbons (Fsp3) is 0.286. The van der Waals surface area contributed by atoms with E-state index in [1.54, 1.807) is 16.8 Å². The topological polar surface area (TPSA) is 29.1 Å². The average molecular weight is 270 g/mol. The van der Waals surface area contributed by atoms with E-state index in [-0.39, 0.29) is 0 Å². The molecule has 1 aromatic heterocycles. The molecule has 0 aromatic carbocycles. The van der Waals surface area contributed by atoms with Crippen LogP contribution in [-0.2, 0) is 0 Å². The van der Waals surface area contributed by atoms with Crippen LogP contribution in [0.25, 0.3) is 0 Å². The third-order valence-corrected chi connectivity index (χ3v) is 2.20. The molecule has 0 aliphatic rings. The molecule has 0 unspecified atom stereocenters. The van der Waals surface area contributed by atoms with E-state index in [0.29, 0.717) is 5.56 Å². The maximum absolute atomic E-state index is 12.2. The molecular weight excluding hydrogens is 264 g/mol. The maximum Gasteiger partial charge on any atom is 0.318 e. The van der Waals surface area contributed by atoms with Gasteiger partial charge in [0.15, 0.2) is 0 Å². The standard InChI is InChI=1S/C7H6BrF2NOS/c8-7(9,10)4-11-6(12)5-1-2-13-3-5/h1-3H,4H2,(H,11,12). The highest BCUT2D eigenvalue weighted by Gasteiger charge is 2.24. The lowest BCUT2D eigenvalue weighted by Crippen LogP contribution is -2.32. The van der Waals surface area contributed by atoms with Crippen LogP contribution in [0.1, 0.15) is 10.4 Å². The molecule has 0 aliphatic heterocycles. The molecule has 72 valence electrons. The molecule has 0 radical (unpaired) electrons. The number of alkyl halides is 3. The third-order valence-electron chi connectivity index (χ3n) is 1.23. The van der Waals surface area contributed by atoms with E-state index in [1.165, 1.54) is 11.3 Å². The number of rotatable bonds is 3. The van der Waals surface area contributed by atoms with Crippen molar-refractivity contribution in [3.8, 4) is 0 Å². The van der Waals surface area contributed by atoms with E-state index in [0.717, 1.165) is 0 Å². The highest BCUT2D eigenvalue weighted by Crippen LogP contribution is 2.19. The fourth-order valence-corrected chi connectivity index (χ4v) is 1.45. The Bertz CT molecular complexity index is 283. The van der Waals surface area contributed by atoms with Gasteiger partial charge in [0.2, 0.25) is 0 Å². The van der Waals surface area contributed by atoms with Crippen LogP contribution >= 0.6 is 27.3 Å². The monoisotopic (exact) mass is 269 g/mol. The van der Waals surface area contributed by atoms with Crippen molar-refractivity contribution < 1.29 is 13.6 Å². The van der Waals surface area contributed by atoms with Crippen molar-refractivity contribution in [3.63, 3.8) is 0 Å². The summed E-state index contributed by atoms with van der Waals surface area (Å²) in [5.74, 6) is -0.486. The van der Waals surface area contributed by atoms with Gasteiger partial charge in [0.05, 0.1) is 6.54 Å². The minimum atomic E-state index is -3.04. The number of carbonyl (C=O) groups is 1. The largest absolute Gasteiger partial charge is 0.345 e. The van der Waals surface area contributed by atoms with Gasteiger partial charge >= 0.3 is 4.83 Å². The highest BCUT2D eigenvalue weighted by molar-refractivity contribution is 9.10. The van der Waals surface area contributed by atoms with Crippen LogP contribution in [-0.4, -0.2) is 17.3 Å². The molecule has 2 nitrogen and oxygen atoms in total. The molecule has 1 heterocycles. The maximum atomic E-state index is 12.2. The molecule has 1 aromatic rings. The van der Waals surface area contributed by atoms with Gasteiger partial charge in [-0.1, -0.05) is 0 Å². The van der Waals surface area contributed by atoms with Gasteiger partial charge in [-0.05, 0) is 27.4 Å². The normalized spacial score (nSPS) is 11.3. The summed E-state index contributed by atoms with van der Waals surface area (Å²) in [6.07, 6.45) is 0. The predicted molar refractivity (Wildman–Crippen MR) is 50.5 cm³/mol. The van der Waals surface area contributed by atoms with Crippen LogP contribution < -0.4 is 5.32 Å². The van der Waals surface area contributed by atoms with E-state index in [2.05, 4.69) is 21.2 Å². The zero-order chi connectivity index (χ0) is 9.90. The van der Waals surface area contributed by atoms with Gasteiger partial charge in [-0.3, -0.25) is 4.79 Å². The van der Waals surface area contributed by atoms with Gasteiger partial charge in [-0.2, -0.15) is 20.1 Å². The Morgan fingerprint density at radius 2 is 2.38 bits per heavy atom. The van der Waals surface area contributed by atoms with Crippen molar-refractivity contribution >= 4 is 33.2 Å². The lowest BCUT2D eigenvalue weighted by Gasteiger charge is -2.08. The first-order chi connectivity index (χ1) is 5.99. The summed E-state index contributed by atoms with van der Waals surface area (Å²) in [5, 5.41) is 5.40. The number of hydrogen-bond acceptors (Lipinski definition) is 2. The molecule has 0 spiro atoms. The molecule has 13 heavy (non-hydrogen) atoms. The van der Waals surface area contributed by atoms with Crippen molar-refractivity contribution in [1.82, 2.24) is 5.32 Å². The minimum absolute atomic E-state index is 0.404. The summed E-state index contributed by atoms with van der Waals surface area (Å²) in [7, 11) is 0. The van der Waals surface area contributed by atoms with Crippen LogP contribution in [0.2, 0.25) is 0 Å². The van der Waals surface area contributed by atoms with Gasteiger partial charge in [0.25, 0.3) is 5.91 Å². The summed E-state index contributed by atoms with van der Waals surface area (Å²) in [6.45, 7) is -0.707. The zero-order valence-electron chi connectivity index (χ0n) is 6.39. The molecule has 0 saturated carbocycles. The summed E-state index contributed by atoms with van der Waals surface area (Å²) < 4.78 is 24.5. The molecular formula is C7H6BrF2NOS. The molecule has 0 bridgehead atoms. The molecule has 6 heteroatoms. The second-order valence-corrected chi connectivity index (χ2v) is 4.25. The zero-order valence-corrected chi connectivity index (χ0v) is 8.79. The van der Waals surface area contributed by atoms with E-state index in [9.17, 15) is 13.6 Å². The number of amides is 1. The molecule has 1 rings (SSSR count). The summed E-state index contributed by atoms with van der Waals surface area (Å²) in [5.41, 5.74) is 0.404. The fourth-order valence-electron chi connectivity index (χ4n) is 0.676. The molecule has 0 fully saturated rings. The van der Waals surface area contributed by atoms with Crippen molar-refractivity contribution in [2.45, 2.75) is 4.83 Å². The van der Waals surface area contributed by atoms with Gasteiger partial charge in [-0.25, -0.2) is 0 Å². The SMILES string of the molecule is O=C(NCC(F)(F)Br)c1ccsc1. The van der Waals surface area contributed by atoms with Crippen LogP contribution in [0, 0.1) is 0 Å². The molecule has 0 atom stereocenters. The quantitative estimate of drug-likeness (QED) is 0.840.